The van der Waals surface area contributed by atoms with E-state index in [0.29, 0.717) is 43.3 Å². The third-order valence-corrected chi connectivity index (χ3v) is 5.62. The van der Waals surface area contributed by atoms with Crippen LogP contribution in [0, 0.1) is 6.92 Å². The molecule has 0 radical (unpaired) electrons. The predicted octanol–water partition coefficient (Wildman–Crippen LogP) is 3.35. The number of pyridine rings is 1. The van der Waals surface area contributed by atoms with Crippen molar-refractivity contribution in [3.05, 3.63) is 98.3 Å². The van der Waals surface area contributed by atoms with Gasteiger partial charge in [0.15, 0.2) is 5.75 Å². The lowest BCUT2D eigenvalue weighted by Crippen LogP contribution is -2.22. The van der Waals surface area contributed by atoms with Gasteiger partial charge >= 0.3 is 5.63 Å². The van der Waals surface area contributed by atoms with Gasteiger partial charge in [0.05, 0.1) is 12.8 Å². The number of hydrogen-bond acceptors (Lipinski definition) is 7. The minimum Gasteiger partial charge on any atom is -0.503 e. The topological polar surface area (TPSA) is 103 Å². The summed E-state index contributed by atoms with van der Waals surface area (Å²) < 4.78 is 18.2. The number of nitrogens with zero attached hydrogens (tertiary/aromatic N) is 1. The van der Waals surface area contributed by atoms with Gasteiger partial charge in [-0.15, -0.1) is 0 Å². The molecule has 0 bridgehead atoms. The van der Waals surface area contributed by atoms with Crippen molar-refractivity contribution in [3.63, 3.8) is 0 Å². The van der Waals surface area contributed by atoms with E-state index in [1.54, 1.807) is 30.9 Å². The Kier molecular flexibility index (Phi) is 6.98. The van der Waals surface area contributed by atoms with Crippen molar-refractivity contribution in [3.8, 4) is 17.2 Å². The van der Waals surface area contributed by atoms with Crippen LogP contribution in [0.5, 0.6) is 17.2 Å². The zero-order valence-electron chi connectivity index (χ0n) is 19.0. The molecular weight excluding hydrogens is 436 g/mol. The normalized spacial score (nSPS) is 11.0. The van der Waals surface area contributed by atoms with E-state index in [0.717, 1.165) is 22.3 Å². The SMILES string of the molecule is COc1ccc(COc2ccc3c(CNCCn4ccc(=O)c(O)c4C)cc(=O)oc3c2)cc1. The van der Waals surface area contributed by atoms with Gasteiger partial charge in [0.2, 0.25) is 5.43 Å². The van der Waals surface area contributed by atoms with Crippen LogP contribution in [0.1, 0.15) is 16.8 Å². The zero-order chi connectivity index (χ0) is 24.1. The quantitative estimate of drug-likeness (QED) is 0.290. The van der Waals surface area contributed by atoms with Gasteiger partial charge in [-0.1, -0.05) is 12.1 Å². The molecule has 0 fully saturated rings. The van der Waals surface area contributed by atoms with Gasteiger partial charge in [0.1, 0.15) is 23.7 Å². The van der Waals surface area contributed by atoms with E-state index in [2.05, 4.69) is 5.32 Å². The van der Waals surface area contributed by atoms with Crippen molar-refractivity contribution in [1.29, 1.82) is 0 Å². The second kappa shape index (κ2) is 10.3. The number of hydrogen-bond donors (Lipinski definition) is 2. The van der Waals surface area contributed by atoms with E-state index in [1.165, 1.54) is 12.1 Å². The summed E-state index contributed by atoms with van der Waals surface area (Å²) in [5, 5.41) is 13.9. The Bertz CT molecular complexity index is 1410. The van der Waals surface area contributed by atoms with Crippen LogP contribution in [0.4, 0.5) is 0 Å². The van der Waals surface area contributed by atoms with Crippen molar-refractivity contribution < 1.29 is 19.0 Å². The number of benzene rings is 2. The summed E-state index contributed by atoms with van der Waals surface area (Å²) in [6.45, 7) is 3.66. The number of ether oxygens (including phenoxy) is 2. The highest BCUT2D eigenvalue weighted by molar-refractivity contribution is 5.81. The van der Waals surface area contributed by atoms with Crippen molar-refractivity contribution in [2.75, 3.05) is 13.7 Å². The van der Waals surface area contributed by atoms with E-state index < -0.39 is 11.1 Å². The van der Waals surface area contributed by atoms with Crippen molar-refractivity contribution in [2.24, 2.45) is 0 Å². The maximum absolute atomic E-state index is 12.1. The summed E-state index contributed by atoms with van der Waals surface area (Å²) in [4.78, 5) is 23.6. The Hall–Kier alpha value is -4.04. The van der Waals surface area contributed by atoms with E-state index in [1.807, 2.05) is 36.4 Å². The maximum Gasteiger partial charge on any atom is 0.336 e. The zero-order valence-corrected chi connectivity index (χ0v) is 19.0. The predicted molar refractivity (Wildman–Crippen MR) is 129 cm³/mol. The highest BCUT2D eigenvalue weighted by atomic mass is 16.5. The van der Waals surface area contributed by atoms with Crippen molar-refractivity contribution >= 4 is 11.0 Å². The molecule has 0 amide bonds. The Labute approximate surface area is 196 Å². The average molecular weight is 463 g/mol. The molecule has 4 rings (SSSR count). The lowest BCUT2D eigenvalue weighted by atomic mass is 10.1. The summed E-state index contributed by atoms with van der Waals surface area (Å²) in [7, 11) is 1.62. The molecule has 0 aliphatic rings. The molecule has 0 atom stereocenters. The first-order valence-electron chi connectivity index (χ1n) is 10.9. The number of fused-ring (bicyclic) bond motifs is 1. The second-order valence-corrected chi connectivity index (χ2v) is 7.87. The smallest absolute Gasteiger partial charge is 0.336 e. The molecule has 176 valence electrons. The van der Waals surface area contributed by atoms with Gasteiger partial charge in [0, 0.05) is 49.4 Å². The number of aromatic hydroxyl groups is 1. The van der Waals surface area contributed by atoms with Crippen molar-refractivity contribution in [2.45, 2.75) is 26.6 Å². The molecule has 0 aliphatic heterocycles. The fourth-order valence-electron chi connectivity index (χ4n) is 3.66. The fourth-order valence-corrected chi connectivity index (χ4v) is 3.66. The molecule has 2 aromatic heterocycles. The minimum absolute atomic E-state index is 0.237. The Morgan fingerprint density at radius 3 is 2.56 bits per heavy atom. The Morgan fingerprint density at radius 2 is 1.79 bits per heavy atom. The molecule has 4 aromatic rings. The van der Waals surface area contributed by atoms with Gasteiger partial charge in [0.25, 0.3) is 0 Å². The maximum atomic E-state index is 12.1. The number of aromatic nitrogens is 1. The van der Waals surface area contributed by atoms with Gasteiger partial charge in [-0.3, -0.25) is 4.79 Å². The van der Waals surface area contributed by atoms with Crippen LogP contribution < -0.4 is 25.8 Å². The molecule has 0 aliphatic carbocycles. The summed E-state index contributed by atoms with van der Waals surface area (Å²) >= 11 is 0. The summed E-state index contributed by atoms with van der Waals surface area (Å²) in [6, 6.07) is 15.9. The molecule has 0 spiro atoms. The van der Waals surface area contributed by atoms with E-state index in [4.69, 9.17) is 13.9 Å². The van der Waals surface area contributed by atoms with Gasteiger partial charge in [-0.25, -0.2) is 4.79 Å². The molecule has 8 nitrogen and oxygen atoms in total. The molecule has 34 heavy (non-hydrogen) atoms. The fraction of sp³-hybridized carbons (Fsp3) is 0.231. The Balaban J connectivity index is 1.41. The minimum atomic E-state index is -0.433. The van der Waals surface area contributed by atoms with Crippen LogP contribution in [0.3, 0.4) is 0 Å². The molecule has 0 saturated heterocycles. The van der Waals surface area contributed by atoms with E-state index >= 15 is 0 Å². The van der Waals surface area contributed by atoms with Crippen LogP contribution in [-0.2, 0) is 19.7 Å². The van der Waals surface area contributed by atoms with Gasteiger partial charge < -0.3 is 28.9 Å². The average Bonchev–Trinajstić information content (AvgIpc) is 2.85. The third-order valence-electron chi connectivity index (χ3n) is 5.62. The summed E-state index contributed by atoms with van der Waals surface area (Å²) in [5.41, 5.74) is 1.95. The highest BCUT2D eigenvalue weighted by Gasteiger charge is 2.09. The number of methoxy groups -OCH3 is 1. The molecule has 2 heterocycles. The number of nitrogens with one attached hydrogen (secondary N) is 1. The standard InChI is InChI=1S/C26H26N2O6/c1-17-26(31)23(29)9-11-28(17)12-10-27-15-19-13-25(30)34-24-14-21(7-8-22(19)24)33-16-18-3-5-20(32-2)6-4-18/h3-9,11,13-14,27,31H,10,12,15-16H2,1-2H3. The summed E-state index contributed by atoms with van der Waals surface area (Å²) in [5.74, 6) is 1.15. The lowest BCUT2D eigenvalue weighted by molar-refractivity contribution is 0.306. The van der Waals surface area contributed by atoms with E-state index in [-0.39, 0.29) is 5.75 Å². The molecule has 8 heteroatoms. The molecule has 2 N–H and O–H groups in total. The van der Waals surface area contributed by atoms with Crippen LogP contribution in [-0.4, -0.2) is 23.3 Å². The van der Waals surface area contributed by atoms with Crippen molar-refractivity contribution in [1.82, 2.24) is 9.88 Å². The summed E-state index contributed by atoms with van der Waals surface area (Å²) in [6.07, 6.45) is 1.65. The van der Waals surface area contributed by atoms with Crippen LogP contribution in [0.15, 0.2) is 74.8 Å². The van der Waals surface area contributed by atoms with Gasteiger partial charge in [-0.2, -0.15) is 0 Å². The monoisotopic (exact) mass is 462 g/mol. The first-order valence-corrected chi connectivity index (χ1v) is 10.9. The van der Waals surface area contributed by atoms with Crippen LogP contribution in [0.2, 0.25) is 0 Å². The van der Waals surface area contributed by atoms with Crippen LogP contribution in [0.25, 0.3) is 11.0 Å². The highest BCUT2D eigenvalue weighted by Crippen LogP contribution is 2.24. The van der Waals surface area contributed by atoms with E-state index in [9.17, 15) is 14.7 Å². The molecular formula is C26H26N2O6. The van der Waals surface area contributed by atoms with Crippen LogP contribution >= 0.6 is 0 Å². The Morgan fingerprint density at radius 1 is 1.03 bits per heavy atom. The van der Waals surface area contributed by atoms with Gasteiger partial charge in [-0.05, 0) is 42.3 Å². The molecule has 0 unspecified atom stereocenters. The first kappa shape index (κ1) is 23.1. The lowest BCUT2D eigenvalue weighted by Gasteiger charge is -2.13. The first-order chi connectivity index (χ1) is 16.4. The molecule has 0 saturated carbocycles. The number of rotatable bonds is 9. The largest absolute Gasteiger partial charge is 0.503 e. The third kappa shape index (κ3) is 5.29. The second-order valence-electron chi connectivity index (χ2n) is 7.87. The molecule has 2 aromatic carbocycles.